The van der Waals surface area contributed by atoms with E-state index in [1.165, 1.54) is 11.3 Å². The van der Waals surface area contributed by atoms with Gasteiger partial charge in [0.25, 0.3) is 17.3 Å². The van der Waals surface area contributed by atoms with E-state index in [0.29, 0.717) is 5.13 Å². The van der Waals surface area contributed by atoms with Crippen molar-refractivity contribution in [2.24, 2.45) is 0 Å². The standard InChI is InChI=1S/C11H8N4O5S/c1-6-5-12-11(21-6)13-10(16)7-2-8(14(17)18)4-9(3-7)15(19)20/h2-5H,1H3,(H,12,13,16). The SMILES string of the molecule is Cc1cnc(NC(=O)c2cc([N+](=O)[O-])cc([N+](=O)[O-])c2)s1. The van der Waals surface area contributed by atoms with Crippen molar-refractivity contribution in [2.75, 3.05) is 5.32 Å². The third kappa shape index (κ3) is 3.36. The lowest BCUT2D eigenvalue weighted by Gasteiger charge is -2.02. The summed E-state index contributed by atoms with van der Waals surface area (Å²) in [5.74, 6) is -0.698. The molecule has 0 saturated carbocycles. The maximum atomic E-state index is 12.0. The van der Waals surface area contributed by atoms with E-state index in [4.69, 9.17) is 0 Å². The van der Waals surface area contributed by atoms with Gasteiger partial charge < -0.3 is 0 Å². The first-order valence-corrected chi connectivity index (χ1v) is 6.36. The van der Waals surface area contributed by atoms with Gasteiger partial charge in [0, 0.05) is 23.2 Å². The molecule has 9 nitrogen and oxygen atoms in total. The quantitative estimate of drug-likeness (QED) is 0.682. The predicted molar refractivity (Wildman–Crippen MR) is 74.6 cm³/mol. The van der Waals surface area contributed by atoms with Crippen LogP contribution in [0.25, 0.3) is 0 Å². The number of aryl methyl sites for hydroxylation is 1. The number of hydrogen-bond acceptors (Lipinski definition) is 7. The van der Waals surface area contributed by atoms with E-state index >= 15 is 0 Å². The van der Waals surface area contributed by atoms with Gasteiger partial charge in [-0.3, -0.25) is 30.3 Å². The molecule has 1 aromatic heterocycles. The molecule has 0 unspecified atom stereocenters. The molecule has 1 heterocycles. The Hall–Kier alpha value is -2.88. The predicted octanol–water partition coefficient (Wildman–Crippen LogP) is 2.52. The lowest BCUT2D eigenvalue weighted by molar-refractivity contribution is -0.394. The average Bonchev–Trinajstić information content (AvgIpc) is 2.83. The smallest absolute Gasteiger partial charge is 0.277 e. The Bertz CT molecular complexity index is 710. The first-order valence-electron chi connectivity index (χ1n) is 5.54. The molecule has 10 heteroatoms. The highest BCUT2D eigenvalue weighted by Gasteiger charge is 2.20. The lowest BCUT2D eigenvalue weighted by atomic mass is 10.1. The second-order valence-corrected chi connectivity index (χ2v) is 5.22. The van der Waals surface area contributed by atoms with Crippen LogP contribution in [0.1, 0.15) is 15.2 Å². The number of hydrogen-bond donors (Lipinski definition) is 1. The molecule has 108 valence electrons. The topological polar surface area (TPSA) is 128 Å². The fourth-order valence-electron chi connectivity index (χ4n) is 1.52. The van der Waals surface area contributed by atoms with Gasteiger partial charge in [-0.1, -0.05) is 0 Å². The zero-order chi connectivity index (χ0) is 15.6. The molecule has 2 rings (SSSR count). The largest absolute Gasteiger partial charge is 0.298 e. The molecule has 0 radical (unpaired) electrons. The van der Waals surface area contributed by atoms with Crippen LogP contribution in [0.15, 0.2) is 24.4 Å². The van der Waals surface area contributed by atoms with E-state index in [1.807, 2.05) is 0 Å². The second-order valence-electron chi connectivity index (χ2n) is 3.98. The molecule has 0 aliphatic heterocycles. The minimum absolute atomic E-state index is 0.177. The van der Waals surface area contributed by atoms with Gasteiger partial charge in [0.1, 0.15) is 0 Å². The van der Waals surface area contributed by atoms with Crippen LogP contribution in [0.4, 0.5) is 16.5 Å². The number of nitro benzene ring substituents is 2. The number of nitrogens with zero attached hydrogens (tertiary/aromatic N) is 3. The highest BCUT2D eigenvalue weighted by molar-refractivity contribution is 7.15. The number of nitrogens with one attached hydrogen (secondary N) is 1. The normalized spacial score (nSPS) is 10.1. The van der Waals surface area contributed by atoms with Gasteiger partial charge in [-0.2, -0.15) is 0 Å². The Labute approximate surface area is 121 Å². The summed E-state index contributed by atoms with van der Waals surface area (Å²) >= 11 is 1.22. The minimum atomic E-state index is -0.794. The van der Waals surface area contributed by atoms with E-state index in [1.54, 1.807) is 13.1 Å². The summed E-state index contributed by atoms with van der Waals surface area (Å²) in [6.45, 7) is 1.80. The van der Waals surface area contributed by atoms with Crippen LogP contribution in [-0.4, -0.2) is 20.7 Å². The molecular weight excluding hydrogens is 300 g/mol. The van der Waals surface area contributed by atoms with E-state index in [2.05, 4.69) is 10.3 Å². The van der Waals surface area contributed by atoms with Gasteiger partial charge in [-0.05, 0) is 6.92 Å². The Morgan fingerprint density at radius 3 is 2.19 bits per heavy atom. The fourth-order valence-corrected chi connectivity index (χ4v) is 2.18. The molecule has 0 spiro atoms. The molecule has 1 N–H and O–H groups in total. The van der Waals surface area contributed by atoms with Gasteiger partial charge in [0.05, 0.1) is 21.5 Å². The van der Waals surface area contributed by atoms with Crippen molar-refractivity contribution < 1.29 is 14.6 Å². The van der Waals surface area contributed by atoms with Crippen molar-refractivity contribution in [2.45, 2.75) is 6.92 Å². The highest BCUT2D eigenvalue weighted by atomic mass is 32.1. The molecule has 1 amide bonds. The maximum absolute atomic E-state index is 12.0. The van der Waals surface area contributed by atoms with Crippen molar-refractivity contribution in [3.05, 3.63) is 55.1 Å². The van der Waals surface area contributed by atoms with Gasteiger partial charge in [-0.25, -0.2) is 4.98 Å². The van der Waals surface area contributed by atoms with Gasteiger partial charge >= 0.3 is 0 Å². The van der Waals surface area contributed by atoms with Crippen LogP contribution in [0, 0.1) is 27.2 Å². The first kappa shape index (κ1) is 14.5. The van der Waals surface area contributed by atoms with Crippen molar-refractivity contribution in [1.82, 2.24) is 4.98 Å². The third-order valence-corrected chi connectivity index (χ3v) is 3.26. The Balaban J connectivity index is 2.35. The summed E-state index contributed by atoms with van der Waals surface area (Å²) < 4.78 is 0. The number of aromatic nitrogens is 1. The molecular formula is C11H8N4O5S. The summed E-state index contributed by atoms with van der Waals surface area (Å²) in [6.07, 6.45) is 1.55. The fraction of sp³-hybridized carbons (Fsp3) is 0.0909. The Morgan fingerprint density at radius 1 is 1.19 bits per heavy atom. The number of non-ortho nitro benzene ring substituents is 2. The van der Waals surface area contributed by atoms with Gasteiger partial charge in [0.15, 0.2) is 5.13 Å². The van der Waals surface area contributed by atoms with Crippen LogP contribution in [0.5, 0.6) is 0 Å². The summed E-state index contributed by atoms with van der Waals surface area (Å²) in [7, 11) is 0. The molecule has 0 saturated heterocycles. The molecule has 0 aliphatic carbocycles. The van der Waals surface area contributed by atoms with Crippen molar-refractivity contribution in [3.63, 3.8) is 0 Å². The number of rotatable bonds is 4. The zero-order valence-corrected chi connectivity index (χ0v) is 11.4. The number of nitro groups is 2. The number of carbonyl (C=O) groups is 1. The molecule has 0 aliphatic rings. The molecule has 0 fully saturated rings. The van der Waals surface area contributed by atoms with E-state index in [9.17, 15) is 25.0 Å². The molecule has 1 aromatic carbocycles. The number of benzene rings is 1. The summed E-state index contributed by atoms with van der Waals surface area (Å²) in [4.78, 5) is 36.7. The zero-order valence-electron chi connectivity index (χ0n) is 10.6. The Kier molecular flexibility index (Phi) is 3.89. The van der Waals surface area contributed by atoms with Crippen LogP contribution in [0.3, 0.4) is 0 Å². The second kappa shape index (κ2) is 5.63. The highest BCUT2D eigenvalue weighted by Crippen LogP contribution is 2.24. The van der Waals surface area contributed by atoms with Crippen LogP contribution in [-0.2, 0) is 0 Å². The van der Waals surface area contributed by atoms with E-state index < -0.39 is 27.1 Å². The summed E-state index contributed by atoms with van der Waals surface area (Å²) in [5, 5.41) is 24.3. The minimum Gasteiger partial charge on any atom is -0.298 e. The van der Waals surface area contributed by atoms with E-state index in [-0.39, 0.29) is 5.56 Å². The molecule has 0 bridgehead atoms. The summed E-state index contributed by atoms with van der Waals surface area (Å²) in [5.41, 5.74) is -1.22. The molecule has 21 heavy (non-hydrogen) atoms. The maximum Gasteiger partial charge on any atom is 0.277 e. The van der Waals surface area contributed by atoms with Gasteiger partial charge in [0.2, 0.25) is 0 Å². The van der Waals surface area contributed by atoms with Crippen LogP contribution < -0.4 is 5.32 Å². The van der Waals surface area contributed by atoms with Crippen molar-refractivity contribution in [1.29, 1.82) is 0 Å². The third-order valence-electron chi connectivity index (χ3n) is 2.43. The first-order chi connectivity index (χ1) is 9.86. The number of amides is 1. The molecule has 0 atom stereocenters. The number of anilines is 1. The Morgan fingerprint density at radius 2 is 1.76 bits per heavy atom. The van der Waals surface area contributed by atoms with Crippen LogP contribution >= 0.6 is 11.3 Å². The number of carbonyl (C=O) groups excluding carboxylic acids is 1. The molecule has 2 aromatic rings. The van der Waals surface area contributed by atoms with Crippen molar-refractivity contribution >= 4 is 33.8 Å². The lowest BCUT2D eigenvalue weighted by Crippen LogP contribution is -2.12. The van der Waals surface area contributed by atoms with E-state index in [0.717, 1.165) is 23.1 Å². The average molecular weight is 308 g/mol. The van der Waals surface area contributed by atoms with Crippen molar-refractivity contribution in [3.8, 4) is 0 Å². The summed E-state index contributed by atoms with van der Waals surface area (Å²) in [6, 6.07) is 2.75. The monoisotopic (exact) mass is 308 g/mol. The number of thiazole rings is 1. The van der Waals surface area contributed by atoms with Crippen LogP contribution in [0.2, 0.25) is 0 Å². The van der Waals surface area contributed by atoms with Gasteiger partial charge in [-0.15, -0.1) is 11.3 Å².